The zero-order valence-corrected chi connectivity index (χ0v) is 8.72. The summed E-state index contributed by atoms with van der Waals surface area (Å²) in [5.41, 5.74) is 2.98. The van der Waals surface area contributed by atoms with Gasteiger partial charge in [-0.3, -0.25) is 0 Å². The predicted molar refractivity (Wildman–Crippen MR) is 57.2 cm³/mol. The molecule has 0 radical (unpaired) electrons. The van der Waals surface area contributed by atoms with E-state index in [-0.39, 0.29) is 0 Å². The molecule has 0 aliphatic heterocycles. The third-order valence-corrected chi connectivity index (χ3v) is 2.24. The maximum absolute atomic E-state index is 3.63. The van der Waals surface area contributed by atoms with Gasteiger partial charge in [0.05, 0.1) is 0 Å². The normalized spacial score (nSPS) is 13.8. The lowest BCUT2D eigenvalue weighted by atomic mass is 9.98. The molecule has 0 aromatic carbocycles. The summed E-state index contributed by atoms with van der Waals surface area (Å²) in [6.07, 6.45) is 7.01. The Morgan fingerprint density at radius 2 is 1.92 bits per heavy atom. The molecule has 0 atom stereocenters. The highest BCUT2D eigenvalue weighted by molar-refractivity contribution is 5.15. The van der Waals surface area contributed by atoms with Crippen LogP contribution in [0.3, 0.4) is 0 Å². The molecule has 0 bridgehead atoms. The molecule has 68 valence electrons. The second-order valence-corrected chi connectivity index (χ2v) is 3.49. The molecule has 0 rings (SSSR count). The standard InChI is InChI=1S/C12H20/c1-6-7-8-9-11(4)12(5)10(2)3/h6-8,10H,1,9H2,2-5H3/b8-7-,12-11+. The van der Waals surface area contributed by atoms with Crippen molar-refractivity contribution >= 4 is 0 Å². The Morgan fingerprint density at radius 3 is 2.33 bits per heavy atom. The van der Waals surface area contributed by atoms with Gasteiger partial charge in [-0.05, 0) is 26.2 Å². The molecule has 0 aliphatic rings. The predicted octanol–water partition coefficient (Wildman–Crippen LogP) is 4.11. The fourth-order valence-corrected chi connectivity index (χ4v) is 0.995. The van der Waals surface area contributed by atoms with Gasteiger partial charge in [-0.25, -0.2) is 0 Å². The van der Waals surface area contributed by atoms with Crippen LogP contribution in [0.1, 0.15) is 34.1 Å². The van der Waals surface area contributed by atoms with Crippen LogP contribution in [0.15, 0.2) is 36.0 Å². The van der Waals surface area contributed by atoms with Gasteiger partial charge in [0.1, 0.15) is 0 Å². The molecule has 0 N–H and O–H groups in total. The third kappa shape index (κ3) is 4.17. The van der Waals surface area contributed by atoms with Crippen molar-refractivity contribution in [2.45, 2.75) is 34.1 Å². The number of hydrogen-bond acceptors (Lipinski definition) is 0. The van der Waals surface area contributed by atoms with E-state index in [1.807, 2.05) is 12.2 Å². The molecule has 0 heterocycles. The van der Waals surface area contributed by atoms with Crippen molar-refractivity contribution in [1.82, 2.24) is 0 Å². The fourth-order valence-electron chi connectivity index (χ4n) is 0.995. The maximum atomic E-state index is 3.63. The van der Waals surface area contributed by atoms with E-state index >= 15 is 0 Å². The van der Waals surface area contributed by atoms with Crippen LogP contribution < -0.4 is 0 Å². The molecule has 12 heavy (non-hydrogen) atoms. The molecule has 0 unspecified atom stereocenters. The van der Waals surface area contributed by atoms with E-state index in [0.29, 0.717) is 5.92 Å². The van der Waals surface area contributed by atoms with Gasteiger partial charge in [-0.15, -0.1) is 0 Å². The van der Waals surface area contributed by atoms with Crippen molar-refractivity contribution in [3.63, 3.8) is 0 Å². The average molecular weight is 164 g/mol. The summed E-state index contributed by atoms with van der Waals surface area (Å²) in [5.74, 6) is 0.669. The molecule has 0 saturated carbocycles. The molecule has 0 saturated heterocycles. The summed E-state index contributed by atoms with van der Waals surface area (Å²) >= 11 is 0. The van der Waals surface area contributed by atoms with E-state index < -0.39 is 0 Å². The van der Waals surface area contributed by atoms with Crippen molar-refractivity contribution in [2.75, 3.05) is 0 Å². The Morgan fingerprint density at radius 1 is 1.33 bits per heavy atom. The summed E-state index contributed by atoms with van der Waals surface area (Å²) in [6, 6.07) is 0. The molecular formula is C12H20. The smallest absolute Gasteiger partial charge is 0.0136 e. The minimum absolute atomic E-state index is 0.669. The molecule has 0 aromatic heterocycles. The Balaban J connectivity index is 4.17. The molecule has 0 aromatic rings. The van der Waals surface area contributed by atoms with Crippen LogP contribution in [0, 0.1) is 5.92 Å². The van der Waals surface area contributed by atoms with Gasteiger partial charge in [-0.1, -0.05) is 49.8 Å². The summed E-state index contributed by atoms with van der Waals surface area (Å²) in [6.45, 7) is 12.5. The highest BCUT2D eigenvalue weighted by Gasteiger charge is 1.99. The van der Waals surface area contributed by atoms with Crippen LogP contribution in [0.25, 0.3) is 0 Å². The van der Waals surface area contributed by atoms with Crippen LogP contribution in [0.4, 0.5) is 0 Å². The zero-order chi connectivity index (χ0) is 9.56. The van der Waals surface area contributed by atoms with Crippen LogP contribution >= 0.6 is 0 Å². The van der Waals surface area contributed by atoms with Crippen molar-refractivity contribution < 1.29 is 0 Å². The first-order valence-corrected chi connectivity index (χ1v) is 4.53. The zero-order valence-electron chi connectivity index (χ0n) is 8.72. The summed E-state index contributed by atoms with van der Waals surface area (Å²) in [5, 5.41) is 0. The third-order valence-electron chi connectivity index (χ3n) is 2.24. The lowest BCUT2D eigenvalue weighted by Crippen LogP contribution is -1.92. The lowest BCUT2D eigenvalue weighted by Gasteiger charge is -2.08. The van der Waals surface area contributed by atoms with Gasteiger partial charge < -0.3 is 0 Å². The molecule has 0 amide bonds. The SMILES string of the molecule is C=C/C=C\C/C(C)=C(\C)C(C)C. The average Bonchev–Trinajstić information content (AvgIpc) is 2.03. The number of hydrogen-bond donors (Lipinski definition) is 0. The minimum atomic E-state index is 0.669. The van der Waals surface area contributed by atoms with Crippen molar-refractivity contribution in [2.24, 2.45) is 5.92 Å². The quantitative estimate of drug-likeness (QED) is 0.433. The Hall–Kier alpha value is -0.780. The van der Waals surface area contributed by atoms with Crippen LogP contribution in [0.2, 0.25) is 0 Å². The van der Waals surface area contributed by atoms with Crippen LogP contribution in [0.5, 0.6) is 0 Å². The summed E-state index contributed by atoms with van der Waals surface area (Å²) in [4.78, 5) is 0. The fraction of sp³-hybridized carbons (Fsp3) is 0.500. The monoisotopic (exact) mass is 164 g/mol. The van der Waals surface area contributed by atoms with E-state index in [2.05, 4.69) is 40.3 Å². The van der Waals surface area contributed by atoms with Gasteiger partial charge >= 0.3 is 0 Å². The van der Waals surface area contributed by atoms with Gasteiger partial charge in [0.15, 0.2) is 0 Å². The lowest BCUT2D eigenvalue weighted by molar-refractivity contribution is 0.752. The van der Waals surface area contributed by atoms with Gasteiger partial charge in [0.25, 0.3) is 0 Å². The summed E-state index contributed by atoms with van der Waals surface area (Å²) < 4.78 is 0. The highest BCUT2D eigenvalue weighted by atomic mass is 14.0. The van der Waals surface area contributed by atoms with Crippen molar-refractivity contribution in [3.05, 3.63) is 36.0 Å². The van der Waals surface area contributed by atoms with E-state index in [1.165, 1.54) is 11.1 Å². The van der Waals surface area contributed by atoms with Gasteiger partial charge in [-0.2, -0.15) is 0 Å². The van der Waals surface area contributed by atoms with Crippen LogP contribution in [-0.4, -0.2) is 0 Å². The first-order chi connectivity index (χ1) is 5.59. The largest absolute Gasteiger partial charge is 0.0991 e. The van der Waals surface area contributed by atoms with Gasteiger partial charge in [0, 0.05) is 0 Å². The topological polar surface area (TPSA) is 0 Å². The molecule has 0 spiro atoms. The van der Waals surface area contributed by atoms with E-state index in [4.69, 9.17) is 0 Å². The van der Waals surface area contributed by atoms with Crippen LogP contribution in [-0.2, 0) is 0 Å². The minimum Gasteiger partial charge on any atom is -0.0991 e. The Kier molecular flexibility index (Phi) is 5.44. The van der Waals surface area contributed by atoms with E-state index in [9.17, 15) is 0 Å². The van der Waals surface area contributed by atoms with E-state index in [0.717, 1.165) is 6.42 Å². The first-order valence-electron chi connectivity index (χ1n) is 4.53. The molecule has 0 heteroatoms. The molecular weight excluding hydrogens is 144 g/mol. The second kappa shape index (κ2) is 5.82. The summed E-state index contributed by atoms with van der Waals surface area (Å²) in [7, 11) is 0. The number of rotatable bonds is 4. The Bertz CT molecular complexity index is 192. The van der Waals surface area contributed by atoms with Crippen molar-refractivity contribution in [3.8, 4) is 0 Å². The van der Waals surface area contributed by atoms with Crippen molar-refractivity contribution in [1.29, 1.82) is 0 Å². The number of allylic oxidation sites excluding steroid dienone is 5. The first kappa shape index (κ1) is 11.2. The molecule has 0 fully saturated rings. The van der Waals surface area contributed by atoms with Gasteiger partial charge in [0.2, 0.25) is 0 Å². The molecule has 0 nitrogen and oxygen atoms in total. The molecule has 0 aliphatic carbocycles. The Labute approximate surface area is 76.7 Å². The maximum Gasteiger partial charge on any atom is -0.0136 e. The van der Waals surface area contributed by atoms with E-state index in [1.54, 1.807) is 0 Å². The second-order valence-electron chi connectivity index (χ2n) is 3.49. The highest BCUT2D eigenvalue weighted by Crippen LogP contribution is 2.16.